The number of H-pyrrole nitrogens is 2. The second-order valence-corrected chi connectivity index (χ2v) is 10.6. The van der Waals surface area contributed by atoms with Gasteiger partial charge in [0, 0.05) is 47.2 Å². The SMILES string of the molecule is NC(Cc1c[nH]c2ccccc12)C(=O)NC(CO)C(=O)N1CCCC1C(=O)NC(Cc1c[nH]c2ccccc12)C(=O)O. The molecule has 5 rings (SSSR count). The highest BCUT2D eigenvalue weighted by molar-refractivity contribution is 5.95. The molecule has 1 aliphatic heterocycles. The zero-order valence-corrected chi connectivity index (χ0v) is 22.9. The molecule has 0 aliphatic carbocycles. The summed E-state index contributed by atoms with van der Waals surface area (Å²) in [6.45, 7) is -0.460. The number of carboxylic acids is 1. The van der Waals surface area contributed by atoms with E-state index in [0.717, 1.165) is 32.9 Å². The van der Waals surface area contributed by atoms with Crippen molar-refractivity contribution in [1.29, 1.82) is 0 Å². The highest BCUT2D eigenvalue weighted by atomic mass is 16.4. The van der Waals surface area contributed by atoms with Gasteiger partial charge < -0.3 is 41.4 Å². The molecule has 0 bridgehead atoms. The number of nitrogens with zero attached hydrogens (tertiary/aromatic N) is 1. The maximum Gasteiger partial charge on any atom is 0.326 e. The van der Waals surface area contributed by atoms with E-state index in [0.29, 0.717) is 12.8 Å². The summed E-state index contributed by atoms with van der Waals surface area (Å²) in [5.41, 5.74) is 9.50. The van der Waals surface area contributed by atoms with Crippen molar-refractivity contribution in [2.45, 2.75) is 49.9 Å². The first kappa shape index (κ1) is 28.8. The number of aromatic amines is 2. The van der Waals surface area contributed by atoms with E-state index in [1.54, 1.807) is 12.4 Å². The monoisotopic (exact) mass is 574 g/mol. The number of carbonyl (C=O) groups is 4. The van der Waals surface area contributed by atoms with Crippen molar-refractivity contribution in [1.82, 2.24) is 25.5 Å². The molecule has 42 heavy (non-hydrogen) atoms. The summed E-state index contributed by atoms with van der Waals surface area (Å²) in [5.74, 6) is -3.05. The molecule has 1 fully saturated rings. The fourth-order valence-electron chi connectivity index (χ4n) is 5.59. The number of nitrogens with one attached hydrogen (secondary N) is 4. The van der Waals surface area contributed by atoms with Gasteiger partial charge in [0.15, 0.2) is 0 Å². The van der Waals surface area contributed by atoms with E-state index < -0.39 is 54.5 Å². The molecule has 8 N–H and O–H groups in total. The lowest BCUT2D eigenvalue weighted by Gasteiger charge is -2.29. The smallest absolute Gasteiger partial charge is 0.326 e. The number of para-hydroxylation sites is 2. The Labute approximate surface area is 241 Å². The van der Waals surface area contributed by atoms with Crippen molar-refractivity contribution in [2.24, 2.45) is 5.73 Å². The predicted molar refractivity (Wildman–Crippen MR) is 155 cm³/mol. The van der Waals surface area contributed by atoms with Gasteiger partial charge in [-0.15, -0.1) is 0 Å². The summed E-state index contributed by atoms with van der Waals surface area (Å²) in [7, 11) is 0. The Morgan fingerprint density at radius 2 is 1.50 bits per heavy atom. The van der Waals surface area contributed by atoms with Gasteiger partial charge >= 0.3 is 5.97 Å². The third-order valence-electron chi connectivity index (χ3n) is 7.80. The van der Waals surface area contributed by atoms with E-state index in [-0.39, 0.29) is 19.4 Å². The zero-order chi connectivity index (χ0) is 29.8. The Morgan fingerprint density at radius 3 is 2.10 bits per heavy atom. The van der Waals surface area contributed by atoms with E-state index in [4.69, 9.17) is 5.73 Å². The number of amides is 3. The van der Waals surface area contributed by atoms with E-state index in [2.05, 4.69) is 20.6 Å². The van der Waals surface area contributed by atoms with E-state index in [9.17, 15) is 29.4 Å². The largest absolute Gasteiger partial charge is 0.480 e. The van der Waals surface area contributed by atoms with Crippen LogP contribution in [-0.2, 0) is 32.0 Å². The van der Waals surface area contributed by atoms with Crippen molar-refractivity contribution in [2.75, 3.05) is 13.2 Å². The summed E-state index contributed by atoms with van der Waals surface area (Å²) >= 11 is 0. The highest BCUT2D eigenvalue weighted by Crippen LogP contribution is 2.22. The third-order valence-corrected chi connectivity index (χ3v) is 7.80. The number of nitrogens with two attached hydrogens (primary N) is 1. The summed E-state index contributed by atoms with van der Waals surface area (Å²) in [4.78, 5) is 59.1. The fourth-order valence-corrected chi connectivity index (χ4v) is 5.59. The first-order valence-corrected chi connectivity index (χ1v) is 13.9. The second kappa shape index (κ2) is 12.5. The quantitative estimate of drug-likeness (QED) is 0.138. The van der Waals surface area contributed by atoms with Crippen molar-refractivity contribution < 1.29 is 29.4 Å². The van der Waals surface area contributed by atoms with Crippen molar-refractivity contribution in [3.8, 4) is 0 Å². The molecule has 220 valence electrons. The van der Waals surface area contributed by atoms with Crippen LogP contribution in [0, 0.1) is 0 Å². The number of benzene rings is 2. The molecule has 0 saturated carbocycles. The molecule has 0 radical (unpaired) electrons. The first-order valence-electron chi connectivity index (χ1n) is 13.9. The Morgan fingerprint density at radius 1 is 0.905 bits per heavy atom. The van der Waals surface area contributed by atoms with Gasteiger partial charge in [-0.2, -0.15) is 0 Å². The van der Waals surface area contributed by atoms with Gasteiger partial charge in [0.1, 0.15) is 18.1 Å². The molecule has 3 heterocycles. The number of fused-ring (bicyclic) bond motifs is 2. The van der Waals surface area contributed by atoms with Gasteiger partial charge in [-0.1, -0.05) is 36.4 Å². The van der Waals surface area contributed by atoms with E-state index >= 15 is 0 Å². The first-order chi connectivity index (χ1) is 20.3. The number of aliphatic hydroxyl groups excluding tert-OH is 1. The number of hydrogen-bond donors (Lipinski definition) is 7. The summed E-state index contributed by atoms with van der Waals surface area (Å²) in [6.07, 6.45) is 4.59. The van der Waals surface area contributed by atoms with Crippen LogP contribution in [0.5, 0.6) is 0 Å². The number of carboxylic acid groups (broad SMARTS) is 1. The predicted octanol–water partition coefficient (Wildman–Crippen LogP) is 0.799. The molecule has 3 amide bonds. The Kier molecular flexibility index (Phi) is 8.55. The van der Waals surface area contributed by atoms with Crippen LogP contribution < -0.4 is 16.4 Å². The maximum absolute atomic E-state index is 13.4. The van der Waals surface area contributed by atoms with Crippen LogP contribution in [0.1, 0.15) is 24.0 Å². The molecule has 1 saturated heterocycles. The molecule has 1 aliphatic rings. The fraction of sp³-hybridized carbons (Fsp3) is 0.333. The molecule has 2 aromatic heterocycles. The number of aliphatic hydroxyl groups is 1. The van der Waals surface area contributed by atoms with Crippen LogP contribution in [0.15, 0.2) is 60.9 Å². The number of likely N-dealkylation sites (tertiary alicyclic amines) is 1. The van der Waals surface area contributed by atoms with Crippen LogP contribution in [0.4, 0.5) is 0 Å². The van der Waals surface area contributed by atoms with Gasteiger partial charge in [-0.3, -0.25) is 14.4 Å². The van der Waals surface area contributed by atoms with Crippen LogP contribution in [0.3, 0.4) is 0 Å². The molecule has 4 aromatic rings. The summed E-state index contributed by atoms with van der Waals surface area (Å²) in [6, 6.07) is 10.6. The lowest BCUT2D eigenvalue weighted by molar-refractivity contribution is -0.145. The normalized spacial score (nSPS) is 17.2. The maximum atomic E-state index is 13.4. The van der Waals surface area contributed by atoms with Crippen LogP contribution in [0.2, 0.25) is 0 Å². The molecule has 12 heteroatoms. The summed E-state index contributed by atoms with van der Waals surface area (Å²) < 4.78 is 0. The minimum Gasteiger partial charge on any atom is -0.480 e. The molecule has 2 aromatic carbocycles. The average molecular weight is 575 g/mol. The van der Waals surface area contributed by atoms with Crippen molar-refractivity contribution in [3.05, 3.63) is 72.1 Å². The molecule has 12 nitrogen and oxygen atoms in total. The van der Waals surface area contributed by atoms with Gasteiger partial charge in [-0.25, -0.2) is 4.79 Å². The standard InChI is InChI=1S/C30H34N6O6/c31-21(12-17-14-32-22-8-3-1-6-19(17)22)27(38)35-25(16-37)29(40)36-11-5-10-26(36)28(39)34-24(30(41)42)13-18-15-33-23-9-4-2-7-20(18)23/h1-4,6-9,14-15,21,24-26,32-33,37H,5,10-13,16,31H2,(H,34,39)(H,35,38)(H,41,42). The minimum atomic E-state index is -1.30. The van der Waals surface area contributed by atoms with E-state index in [1.807, 2.05) is 48.5 Å². The van der Waals surface area contributed by atoms with Gasteiger partial charge in [0.05, 0.1) is 12.6 Å². The number of rotatable bonds is 11. The second-order valence-electron chi connectivity index (χ2n) is 10.6. The highest BCUT2D eigenvalue weighted by Gasteiger charge is 2.39. The molecule has 4 unspecified atom stereocenters. The van der Waals surface area contributed by atoms with Gasteiger partial charge in [0.2, 0.25) is 17.7 Å². The van der Waals surface area contributed by atoms with E-state index in [1.165, 1.54) is 4.90 Å². The lowest BCUT2D eigenvalue weighted by Crippen LogP contribution is -2.58. The number of aliphatic carboxylic acids is 1. The Balaban J connectivity index is 1.21. The molecular weight excluding hydrogens is 540 g/mol. The number of aromatic nitrogens is 2. The van der Waals surface area contributed by atoms with Crippen LogP contribution in [0.25, 0.3) is 21.8 Å². The molecular formula is C30H34N6O6. The minimum absolute atomic E-state index is 0.0510. The van der Waals surface area contributed by atoms with Gasteiger partial charge in [-0.05, 0) is 42.5 Å². The molecule has 4 atom stereocenters. The Hall–Kier alpha value is -4.68. The van der Waals surface area contributed by atoms with Crippen molar-refractivity contribution in [3.63, 3.8) is 0 Å². The summed E-state index contributed by atoms with van der Waals surface area (Å²) in [5, 5.41) is 26.7. The number of hydrogen-bond acceptors (Lipinski definition) is 6. The molecule has 0 spiro atoms. The zero-order valence-electron chi connectivity index (χ0n) is 22.9. The van der Waals surface area contributed by atoms with Gasteiger partial charge in [0.25, 0.3) is 0 Å². The topological polar surface area (TPSA) is 194 Å². The Bertz CT molecular complexity index is 1610. The van der Waals surface area contributed by atoms with Crippen LogP contribution in [-0.4, -0.2) is 86.1 Å². The van der Waals surface area contributed by atoms with Crippen molar-refractivity contribution >= 4 is 45.5 Å². The third kappa shape index (κ3) is 5.99. The number of carbonyl (C=O) groups excluding carboxylic acids is 3. The van der Waals surface area contributed by atoms with Crippen LogP contribution >= 0.6 is 0 Å². The lowest BCUT2D eigenvalue weighted by atomic mass is 10.0. The average Bonchev–Trinajstić information content (AvgIpc) is 3.74.